The molecule has 86 valence electrons. The fourth-order valence-electron chi connectivity index (χ4n) is 1.33. The van der Waals surface area contributed by atoms with Gasteiger partial charge in [-0.25, -0.2) is 0 Å². The standard InChI is InChI=1S/C11H21N3O/c1-9(2)6-14-7-11(5-13-14)4-12-10(3)8-15/h5,7,9-10,12,15H,4,6,8H2,1-3H3/t10-/m1/s1. The lowest BCUT2D eigenvalue weighted by Gasteiger charge is -2.08. The van der Waals surface area contributed by atoms with Gasteiger partial charge in [0, 0.05) is 30.9 Å². The van der Waals surface area contributed by atoms with Crippen LogP contribution in [0.4, 0.5) is 0 Å². The van der Waals surface area contributed by atoms with Crippen LogP contribution in [0.25, 0.3) is 0 Å². The van der Waals surface area contributed by atoms with E-state index in [2.05, 4.69) is 30.5 Å². The van der Waals surface area contributed by atoms with E-state index in [1.165, 1.54) is 0 Å². The maximum atomic E-state index is 8.85. The summed E-state index contributed by atoms with van der Waals surface area (Å²) in [5.74, 6) is 0.613. The summed E-state index contributed by atoms with van der Waals surface area (Å²) in [6.07, 6.45) is 3.93. The second-order valence-electron chi connectivity index (χ2n) is 4.43. The fraction of sp³-hybridized carbons (Fsp3) is 0.727. The van der Waals surface area contributed by atoms with Gasteiger partial charge in [0.1, 0.15) is 0 Å². The van der Waals surface area contributed by atoms with Crippen molar-refractivity contribution in [3.63, 3.8) is 0 Å². The summed E-state index contributed by atoms with van der Waals surface area (Å²) >= 11 is 0. The van der Waals surface area contributed by atoms with Gasteiger partial charge in [-0.3, -0.25) is 4.68 Å². The van der Waals surface area contributed by atoms with E-state index in [0.29, 0.717) is 5.92 Å². The molecule has 0 aliphatic heterocycles. The van der Waals surface area contributed by atoms with Gasteiger partial charge in [0.15, 0.2) is 0 Å². The summed E-state index contributed by atoms with van der Waals surface area (Å²) in [4.78, 5) is 0. The van der Waals surface area contributed by atoms with E-state index in [0.717, 1.165) is 18.7 Å². The summed E-state index contributed by atoms with van der Waals surface area (Å²) in [7, 11) is 0. The molecule has 4 nitrogen and oxygen atoms in total. The highest BCUT2D eigenvalue weighted by atomic mass is 16.3. The van der Waals surface area contributed by atoms with Gasteiger partial charge in [-0.05, 0) is 12.8 Å². The number of nitrogens with zero attached hydrogens (tertiary/aromatic N) is 2. The predicted molar refractivity (Wildman–Crippen MR) is 60.5 cm³/mol. The zero-order valence-corrected chi connectivity index (χ0v) is 9.77. The molecule has 0 unspecified atom stereocenters. The molecule has 1 rings (SSSR count). The van der Waals surface area contributed by atoms with Crippen molar-refractivity contribution >= 4 is 0 Å². The van der Waals surface area contributed by atoms with Gasteiger partial charge in [-0.2, -0.15) is 5.10 Å². The van der Waals surface area contributed by atoms with Crippen molar-refractivity contribution in [3.05, 3.63) is 18.0 Å². The highest BCUT2D eigenvalue weighted by Gasteiger charge is 2.02. The van der Waals surface area contributed by atoms with Crippen LogP contribution in [0.2, 0.25) is 0 Å². The molecule has 0 aromatic carbocycles. The number of hydrogen-bond donors (Lipinski definition) is 2. The van der Waals surface area contributed by atoms with E-state index >= 15 is 0 Å². The van der Waals surface area contributed by atoms with Gasteiger partial charge in [0.2, 0.25) is 0 Å². The third-order valence-corrected chi connectivity index (χ3v) is 2.17. The minimum absolute atomic E-state index is 0.137. The summed E-state index contributed by atoms with van der Waals surface area (Å²) in [5, 5.41) is 16.3. The smallest absolute Gasteiger partial charge is 0.0582 e. The fourth-order valence-corrected chi connectivity index (χ4v) is 1.33. The third kappa shape index (κ3) is 4.44. The molecule has 0 aliphatic rings. The van der Waals surface area contributed by atoms with Gasteiger partial charge in [0.25, 0.3) is 0 Å². The Hall–Kier alpha value is -0.870. The number of hydrogen-bond acceptors (Lipinski definition) is 3. The van der Waals surface area contributed by atoms with E-state index in [-0.39, 0.29) is 12.6 Å². The normalized spacial score (nSPS) is 13.4. The number of rotatable bonds is 6. The summed E-state index contributed by atoms with van der Waals surface area (Å²) in [5.41, 5.74) is 1.16. The Morgan fingerprint density at radius 1 is 1.47 bits per heavy atom. The van der Waals surface area contributed by atoms with Crippen LogP contribution in [0.15, 0.2) is 12.4 Å². The SMILES string of the molecule is CC(C)Cn1cc(CN[C@H](C)CO)cn1. The molecule has 1 aromatic rings. The molecule has 0 saturated heterocycles. The summed E-state index contributed by atoms with van der Waals surface area (Å²) in [6.45, 7) is 8.19. The van der Waals surface area contributed by atoms with Crippen LogP contribution >= 0.6 is 0 Å². The highest BCUT2D eigenvalue weighted by Crippen LogP contribution is 2.02. The molecule has 2 N–H and O–H groups in total. The Bertz CT molecular complexity index is 283. The number of aliphatic hydroxyl groups is 1. The van der Waals surface area contributed by atoms with Crippen LogP contribution in [0, 0.1) is 5.92 Å². The molecule has 0 saturated carbocycles. The second kappa shape index (κ2) is 5.88. The van der Waals surface area contributed by atoms with Crippen molar-refractivity contribution in [1.82, 2.24) is 15.1 Å². The lowest BCUT2D eigenvalue weighted by molar-refractivity contribution is 0.251. The van der Waals surface area contributed by atoms with Crippen molar-refractivity contribution in [2.24, 2.45) is 5.92 Å². The maximum absolute atomic E-state index is 8.85. The third-order valence-electron chi connectivity index (χ3n) is 2.17. The van der Waals surface area contributed by atoms with E-state index in [4.69, 9.17) is 5.11 Å². The van der Waals surface area contributed by atoms with Gasteiger partial charge in [-0.15, -0.1) is 0 Å². The molecule has 0 radical (unpaired) electrons. The molecule has 0 bridgehead atoms. The average molecular weight is 211 g/mol. The molecular weight excluding hydrogens is 190 g/mol. The molecule has 0 spiro atoms. The van der Waals surface area contributed by atoms with E-state index in [1.807, 2.05) is 17.8 Å². The van der Waals surface area contributed by atoms with E-state index in [1.54, 1.807) is 0 Å². The minimum atomic E-state index is 0.137. The van der Waals surface area contributed by atoms with Crippen molar-refractivity contribution in [2.45, 2.75) is 39.9 Å². The first-order chi connectivity index (χ1) is 7.11. The van der Waals surface area contributed by atoms with Crippen LogP contribution in [-0.4, -0.2) is 27.5 Å². The Labute approximate surface area is 91.3 Å². The number of nitrogens with one attached hydrogen (secondary N) is 1. The highest BCUT2D eigenvalue weighted by molar-refractivity contribution is 5.03. The van der Waals surface area contributed by atoms with Crippen molar-refractivity contribution < 1.29 is 5.11 Å². The molecule has 0 fully saturated rings. The maximum Gasteiger partial charge on any atom is 0.0582 e. The van der Waals surface area contributed by atoms with Gasteiger partial charge < -0.3 is 10.4 Å². The van der Waals surface area contributed by atoms with E-state index < -0.39 is 0 Å². The Morgan fingerprint density at radius 3 is 2.80 bits per heavy atom. The second-order valence-corrected chi connectivity index (χ2v) is 4.43. The molecule has 1 aromatic heterocycles. The lowest BCUT2D eigenvalue weighted by Crippen LogP contribution is -2.28. The van der Waals surface area contributed by atoms with Gasteiger partial charge in [-0.1, -0.05) is 13.8 Å². The van der Waals surface area contributed by atoms with Crippen LogP contribution in [0.3, 0.4) is 0 Å². The molecule has 0 amide bonds. The lowest BCUT2D eigenvalue weighted by atomic mass is 10.2. The van der Waals surface area contributed by atoms with Crippen LogP contribution in [-0.2, 0) is 13.1 Å². The Morgan fingerprint density at radius 2 is 2.20 bits per heavy atom. The van der Waals surface area contributed by atoms with Gasteiger partial charge >= 0.3 is 0 Å². The zero-order valence-electron chi connectivity index (χ0n) is 9.77. The topological polar surface area (TPSA) is 50.1 Å². The molecule has 0 aliphatic carbocycles. The Kier molecular flexibility index (Phi) is 4.78. The minimum Gasteiger partial charge on any atom is -0.395 e. The van der Waals surface area contributed by atoms with Gasteiger partial charge in [0.05, 0.1) is 12.8 Å². The summed E-state index contributed by atoms with van der Waals surface area (Å²) < 4.78 is 1.96. The average Bonchev–Trinajstić information content (AvgIpc) is 2.61. The largest absolute Gasteiger partial charge is 0.395 e. The van der Waals surface area contributed by atoms with Crippen molar-refractivity contribution in [1.29, 1.82) is 0 Å². The van der Waals surface area contributed by atoms with Crippen LogP contribution in [0.1, 0.15) is 26.3 Å². The molecule has 1 heterocycles. The van der Waals surface area contributed by atoms with Crippen molar-refractivity contribution in [3.8, 4) is 0 Å². The van der Waals surface area contributed by atoms with E-state index in [9.17, 15) is 0 Å². The molecule has 1 atom stereocenters. The monoisotopic (exact) mass is 211 g/mol. The first-order valence-electron chi connectivity index (χ1n) is 5.47. The molecule has 15 heavy (non-hydrogen) atoms. The molecule has 4 heteroatoms. The number of aromatic nitrogens is 2. The Balaban J connectivity index is 2.39. The van der Waals surface area contributed by atoms with Crippen LogP contribution < -0.4 is 5.32 Å². The molecular formula is C11H21N3O. The number of aliphatic hydroxyl groups excluding tert-OH is 1. The first kappa shape index (κ1) is 12.2. The van der Waals surface area contributed by atoms with Crippen LogP contribution in [0.5, 0.6) is 0 Å². The van der Waals surface area contributed by atoms with Crippen molar-refractivity contribution in [2.75, 3.05) is 6.61 Å². The summed E-state index contributed by atoms with van der Waals surface area (Å²) in [6, 6.07) is 0.137. The predicted octanol–water partition coefficient (Wildman–Crippen LogP) is 1.01. The first-order valence-corrected chi connectivity index (χ1v) is 5.47. The zero-order chi connectivity index (χ0) is 11.3. The quantitative estimate of drug-likeness (QED) is 0.738.